The SMILES string of the molecule is CC1CN(C(N)=NCCc2cn3c(n2)CCCC3)CCO1. The van der Waals surface area contributed by atoms with E-state index in [1.54, 1.807) is 0 Å². The van der Waals surface area contributed by atoms with Crippen LogP contribution in [-0.2, 0) is 24.1 Å². The molecule has 0 amide bonds. The fraction of sp³-hybridized carbons (Fsp3) is 0.733. The molecule has 1 atom stereocenters. The molecule has 1 aromatic rings. The maximum Gasteiger partial charge on any atom is 0.191 e. The van der Waals surface area contributed by atoms with Crippen LogP contribution in [-0.4, -0.2) is 52.8 Å². The van der Waals surface area contributed by atoms with Crippen LogP contribution < -0.4 is 5.73 Å². The van der Waals surface area contributed by atoms with Gasteiger partial charge in [-0.2, -0.15) is 0 Å². The zero-order valence-electron chi connectivity index (χ0n) is 12.8. The Morgan fingerprint density at radius 2 is 2.38 bits per heavy atom. The summed E-state index contributed by atoms with van der Waals surface area (Å²) in [6, 6.07) is 0. The summed E-state index contributed by atoms with van der Waals surface area (Å²) in [6.45, 7) is 6.26. The van der Waals surface area contributed by atoms with Crippen molar-refractivity contribution in [2.45, 2.75) is 45.3 Å². The van der Waals surface area contributed by atoms with E-state index >= 15 is 0 Å². The van der Waals surface area contributed by atoms with Crippen molar-refractivity contribution >= 4 is 5.96 Å². The lowest BCUT2D eigenvalue weighted by Crippen LogP contribution is -2.47. The van der Waals surface area contributed by atoms with Crippen molar-refractivity contribution in [3.63, 3.8) is 0 Å². The van der Waals surface area contributed by atoms with Crippen LogP contribution in [0.1, 0.15) is 31.3 Å². The number of aromatic nitrogens is 2. The number of ether oxygens (including phenoxy) is 1. The van der Waals surface area contributed by atoms with Crippen LogP contribution >= 0.6 is 0 Å². The van der Waals surface area contributed by atoms with Gasteiger partial charge in [-0.25, -0.2) is 4.98 Å². The minimum Gasteiger partial charge on any atom is -0.375 e. The molecule has 2 N–H and O–H groups in total. The average Bonchev–Trinajstić information content (AvgIpc) is 2.89. The quantitative estimate of drug-likeness (QED) is 0.660. The van der Waals surface area contributed by atoms with Gasteiger partial charge in [0, 0.05) is 45.2 Å². The highest BCUT2D eigenvalue weighted by Gasteiger charge is 2.18. The van der Waals surface area contributed by atoms with Gasteiger partial charge in [-0.15, -0.1) is 0 Å². The largest absolute Gasteiger partial charge is 0.375 e. The normalized spacial score (nSPS) is 23.2. The number of aryl methyl sites for hydroxylation is 2. The van der Waals surface area contributed by atoms with Crippen LogP contribution in [0.2, 0.25) is 0 Å². The Kier molecular flexibility index (Phi) is 4.43. The monoisotopic (exact) mass is 291 g/mol. The molecule has 0 aromatic carbocycles. The molecule has 0 radical (unpaired) electrons. The molecule has 6 heteroatoms. The second kappa shape index (κ2) is 6.47. The maximum atomic E-state index is 6.07. The predicted molar refractivity (Wildman–Crippen MR) is 82.3 cm³/mol. The molecule has 1 unspecified atom stereocenters. The molecular formula is C15H25N5O. The predicted octanol–water partition coefficient (Wildman–Crippen LogP) is 0.797. The molecular weight excluding hydrogens is 266 g/mol. The Labute approximate surface area is 126 Å². The van der Waals surface area contributed by atoms with Gasteiger partial charge in [0.05, 0.1) is 18.4 Å². The molecule has 3 heterocycles. The molecule has 0 bridgehead atoms. The first-order chi connectivity index (χ1) is 10.2. The fourth-order valence-corrected chi connectivity index (χ4v) is 3.00. The molecule has 1 saturated heterocycles. The highest BCUT2D eigenvalue weighted by Crippen LogP contribution is 2.14. The minimum atomic E-state index is 0.229. The zero-order chi connectivity index (χ0) is 14.7. The van der Waals surface area contributed by atoms with E-state index in [4.69, 9.17) is 15.5 Å². The summed E-state index contributed by atoms with van der Waals surface area (Å²) in [4.78, 5) is 11.3. The topological polar surface area (TPSA) is 68.7 Å². The van der Waals surface area contributed by atoms with Gasteiger partial charge in [0.15, 0.2) is 5.96 Å². The van der Waals surface area contributed by atoms with Gasteiger partial charge in [0.2, 0.25) is 0 Å². The number of hydrogen-bond donors (Lipinski definition) is 1. The Hall–Kier alpha value is -1.56. The van der Waals surface area contributed by atoms with Gasteiger partial charge in [0.25, 0.3) is 0 Å². The summed E-state index contributed by atoms with van der Waals surface area (Å²) < 4.78 is 7.80. The lowest BCUT2D eigenvalue weighted by molar-refractivity contribution is 0.00530. The summed E-state index contributed by atoms with van der Waals surface area (Å²) in [5.74, 6) is 1.87. The third-order valence-corrected chi connectivity index (χ3v) is 4.17. The van der Waals surface area contributed by atoms with E-state index < -0.39 is 0 Å². The van der Waals surface area contributed by atoms with Crippen LogP contribution in [0.15, 0.2) is 11.2 Å². The molecule has 3 rings (SSSR count). The Bertz CT molecular complexity index is 487. The van der Waals surface area contributed by atoms with E-state index in [2.05, 4.69) is 27.6 Å². The molecule has 1 fully saturated rings. The highest BCUT2D eigenvalue weighted by molar-refractivity contribution is 5.78. The van der Waals surface area contributed by atoms with Crippen molar-refractivity contribution in [3.05, 3.63) is 17.7 Å². The number of hydrogen-bond acceptors (Lipinski definition) is 3. The van der Waals surface area contributed by atoms with Gasteiger partial charge in [0.1, 0.15) is 5.82 Å². The van der Waals surface area contributed by atoms with E-state index in [1.165, 1.54) is 18.7 Å². The van der Waals surface area contributed by atoms with Crippen LogP contribution in [0.3, 0.4) is 0 Å². The Balaban J connectivity index is 1.52. The van der Waals surface area contributed by atoms with E-state index in [-0.39, 0.29) is 6.10 Å². The van der Waals surface area contributed by atoms with Crippen LogP contribution in [0.4, 0.5) is 0 Å². The first kappa shape index (κ1) is 14.4. The summed E-state index contributed by atoms with van der Waals surface area (Å²) in [5, 5.41) is 0. The van der Waals surface area contributed by atoms with Gasteiger partial charge >= 0.3 is 0 Å². The molecule has 116 valence electrons. The van der Waals surface area contributed by atoms with Crippen molar-refractivity contribution in [2.75, 3.05) is 26.2 Å². The molecule has 2 aliphatic rings. The lowest BCUT2D eigenvalue weighted by Gasteiger charge is -2.31. The summed E-state index contributed by atoms with van der Waals surface area (Å²) in [5.41, 5.74) is 7.20. The first-order valence-electron chi connectivity index (χ1n) is 7.94. The number of rotatable bonds is 3. The number of fused-ring (bicyclic) bond motifs is 1. The number of imidazole rings is 1. The second-order valence-corrected chi connectivity index (χ2v) is 5.92. The first-order valence-corrected chi connectivity index (χ1v) is 7.94. The number of guanidine groups is 1. The number of nitrogens with zero attached hydrogens (tertiary/aromatic N) is 4. The molecule has 1 aromatic heterocycles. The third-order valence-electron chi connectivity index (χ3n) is 4.17. The molecule has 0 spiro atoms. The average molecular weight is 291 g/mol. The van der Waals surface area contributed by atoms with E-state index in [0.29, 0.717) is 12.5 Å². The minimum absolute atomic E-state index is 0.229. The molecule has 21 heavy (non-hydrogen) atoms. The van der Waals surface area contributed by atoms with Crippen molar-refractivity contribution < 1.29 is 4.74 Å². The molecule has 0 saturated carbocycles. The molecule has 0 aliphatic carbocycles. The van der Waals surface area contributed by atoms with Crippen LogP contribution in [0.5, 0.6) is 0 Å². The summed E-state index contributed by atoms with van der Waals surface area (Å²) in [6.07, 6.45) is 6.90. The van der Waals surface area contributed by atoms with E-state index in [0.717, 1.165) is 44.8 Å². The lowest BCUT2D eigenvalue weighted by atomic mass is 10.2. The van der Waals surface area contributed by atoms with Crippen LogP contribution in [0, 0.1) is 0 Å². The smallest absolute Gasteiger partial charge is 0.191 e. The van der Waals surface area contributed by atoms with Crippen molar-refractivity contribution in [3.8, 4) is 0 Å². The van der Waals surface area contributed by atoms with Crippen molar-refractivity contribution in [1.82, 2.24) is 14.5 Å². The van der Waals surface area contributed by atoms with Gasteiger partial charge in [-0.1, -0.05) is 0 Å². The highest BCUT2D eigenvalue weighted by atomic mass is 16.5. The zero-order valence-corrected chi connectivity index (χ0v) is 12.8. The Morgan fingerprint density at radius 3 is 3.19 bits per heavy atom. The Morgan fingerprint density at radius 1 is 1.48 bits per heavy atom. The maximum absolute atomic E-state index is 6.07. The van der Waals surface area contributed by atoms with Gasteiger partial charge in [-0.05, 0) is 19.8 Å². The van der Waals surface area contributed by atoms with E-state index in [1.807, 2.05) is 0 Å². The number of aliphatic imine (C=N–C) groups is 1. The number of morpholine rings is 1. The van der Waals surface area contributed by atoms with Crippen molar-refractivity contribution in [1.29, 1.82) is 0 Å². The van der Waals surface area contributed by atoms with E-state index in [9.17, 15) is 0 Å². The molecule has 2 aliphatic heterocycles. The molecule has 6 nitrogen and oxygen atoms in total. The summed E-state index contributed by atoms with van der Waals surface area (Å²) in [7, 11) is 0. The number of nitrogens with two attached hydrogens (primary N) is 1. The fourth-order valence-electron chi connectivity index (χ4n) is 3.00. The van der Waals surface area contributed by atoms with Crippen LogP contribution in [0.25, 0.3) is 0 Å². The second-order valence-electron chi connectivity index (χ2n) is 5.92. The van der Waals surface area contributed by atoms with Gasteiger partial charge in [-0.3, -0.25) is 4.99 Å². The summed E-state index contributed by atoms with van der Waals surface area (Å²) >= 11 is 0. The standard InChI is InChI=1S/C15H25N5O/c1-12-10-20(8-9-21-12)15(16)17-6-5-13-11-19-7-3-2-4-14(19)18-13/h11-12H,2-10H2,1H3,(H2,16,17). The third kappa shape index (κ3) is 3.56. The van der Waals surface area contributed by atoms with Crippen molar-refractivity contribution in [2.24, 2.45) is 10.7 Å². The van der Waals surface area contributed by atoms with Gasteiger partial charge < -0.3 is 19.9 Å².